The van der Waals surface area contributed by atoms with Crippen LogP contribution in [0.2, 0.25) is 0 Å². The van der Waals surface area contributed by atoms with Crippen LogP contribution in [0.1, 0.15) is 31.9 Å². The van der Waals surface area contributed by atoms with Crippen LogP contribution >= 0.6 is 50.3 Å². The largest absolute Gasteiger partial charge is 0.490 e. The number of thioether (sulfide) groups is 1. The first kappa shape index (κ1) is 24.1. The Balaban J connectivity index is 1.87. The molecule has 1 heterocycles. The van der Waals surface area contributed by atoms with Gasteiger partial charge in [0, 0.05) is 16.7 Å². The fourth-order valence-electron chi connectivity index (χ4n) is 3.00. The predicted octanol–water partition coefficient (Wildman–Crippen LogP) is 6.34. The molecule has 31 heavy (non-hydrogen) atoms. The van der Waals surface area contributed by atoms with E-state index >= 15 is 0 Å². The summed E-state index contributed by atoms with van der Waals surface area (Å²) in [5.74, 6) is 1.27. The van der Waals surface area contributed by atoms with Gasteiger partial charge in [-0.25, -0.2) is 0 Å². The van der Waals surface area contributed by atoms with Crippen LogP contribution in [0.4, 0.5) is 0 Å². The molecule has 0 unspecified atom stereocenters. The highest BCUT2D eigenvalue weighted by Crippen LogP contribution is 2.39. The molecular formula is C23H24BrIN2O3S. The van der Waals surface area contributed by atoms with Gasteiger partial charge in [0.25, 0.3) is 5.91 Å². The number of amidine groups is 1. The minimum atomic E-state index is -0.0205. The van der Waals surface area contributed by atoms with Crippen molar-refractivity contribution in [2.24, 2.45) is 4.99 Å². The molecule has 164 valence electrons. The second kappa shape index (κ2) is 11.4. The zero-order chi connectivity index (χ0) is 22.4. The van der Waals surface area contributed by atoms with Gasteiger partial charge in [0.2, 0.25) is 0 Å². The van der Waals surface area contributed by atoms with Crippen LogP contribution in [0.3, 0.4) is 0 Å². The third-order valence-corrected chi connectivity index (χ3v) is 6.78. The monoisotopic (exact) mass is 614 g/mol. The van der Waals surface area contributed by atoms with Crippen molar-refractivity contribution in [3.63, 3.8) is 0 Å². The average molecular weight is 615 g/mol. The van der Waals surface area contributed by atoms with Gasteiger partial charge in [0.05, 0.1) is 16.0 Å². The normalized spacial score (nSPS) is 16.4. The highest BCUT2D eigenvalue weighted by Gasteiger charge is 2.31. The summed E-state index contributed by atoms with van der Waals surface area (Å²) in [5.41, 5.74) is 1.94. The molecule has 1 fully saturated rings. The summed E-state index contributed by atoms with van der Waals surface area (Å²) in [7, 11) is 0. The zero-order valence-electron chi connectivity index (χ0n) is 17.7. The van der Waals surface area contributed by atoms with Crippen molar-refractivity contribution in [2.45, 2.75) is 27.4 Å². The van der Waals surface area contributed by atoms with E-state index in [-0.39, 0.29) is 5.91 Å². The fourth-order valence-corrected chi connectivity index (χ4v) is 5.04. The lowest BCUT2D eigenvalue weighted by Crippen LogP contribution is -2.28. The lowest BCUT2D eigenvalue weighted by Gasteiger charge is -2.15. The maximum absolute atomic E-state index is 12.8. The second-order valence-electron chi connectivity index (χ2n) is 6.60. The van der Waals surface area contributed by atoms with Crippen LogP contribution in [0.5, 0.6) is 11.5 Å². The van der Waals surface area contributed by atoms with E-state index in [1.807, 2.05) is 51.1 Å². The quantitative estimate of drug-likeness (QED) is 0.257. The number of hydrogen-bond acceptors (Lipinski definition) is 5. The molecular weight excluding hydrogens is 591 g/mol. The average Bonchev–Trinajstić information content (AvgIpc) is 3.03. The molecule has 1 amide bonds. The van der Waals surface area contributed by atoms with Crippen LogP contribution in [-0.2, 0) is 11.4 Å². The lowest BCUT2D eigenvalue weighted by molar-refractivity contribution is -0.122. The number of hydrogen-bond donors (Lipinski definition) is 0. The summed E-state index contributed by atoms with van der Waals surface area (Å²) in [6, 6.07) is 12.1. The minimum absolute atomic E-state index is 0.0205. The first-order valence-electron chi connectivity index (χ1n) is 10.1. The van der Waals surface area contributed by atoms with Crippen LogP contribution in [0.15, 0.2) is 50.8 Å². The predicted molar refractivity (Wildman–Crippen MR) is 140 cm³/mol. The Hall–Kier alpha value is -1.52. The smallest absolute Gasteiger partial charge is 0.266 e. The molecule has 0 radical (unpaired) electrons. The Morgan fingerprint density at radius 2 is 1.90 bits per heavy atom. The Labute approximate surface area is 209 Å². The van der Waals surface area contributed by atoms with Crippen LogP contribution in [0, 0.1) is 3.57 Å². The maximum atomic E-state index is 12.8. The van der Waals surface area contributed by atoms with Crippen molar-refractivity contribution in [3.8, 4) is 11.5 Å². The lowest BCUT2D eigenvalue weighted by atomic mass is 10.1. The van der Waals surface area contributed by atoms with Crippen molar-refractivity contribution in [1.29, 1.82) is 0 Å². The molecule has 3 rings (SSSR count). The van der Waals surface area contributed by atoms with E-state index in [0.717, 1.165) is 20.8 Å². The first-order chi connectivity index (χ1) is 15.0. The summed E-state index contributed by atoms with van der Waals surface area (Å²) < 4.78 is 13.9. The number of halogens is 2. The number of carbonyl (C=O) groups is 1. The fraction of sp³-hybridized carbons (Fsp3) is 0.304. The molecule has 0 atom stereocenters. The number of rotatable bonds is 8. The third-order valence-electron chi connectivity index (χ3n) is 4.42. The molecule has 0 spiro atoms. The molecule has 2 aromatic rings. The van der Waals surface area contributed by atoms with Crippen molar-refractivity contribution in [3.05, 3.63) is 60.5 Å². The Bertz CT molecular complexity index is 1010. The summed E-state index contributed by atoms with van der Waals surface area (Å²) in [6.07, 6.45) is 1.88. The van der Waals surface area contributed by atoms with Gasteiger partial charge in [0.1, 0.15) is 6.61 Å². The van der Waals surface area contributed by atoms with E-state index in [4.69, 9.17) is 9.47 Å². The zero-order valence-corrected chi connectivity index (χ0v) is 22.2. The summed E-state index contributed by atoms with van der Waals surface area (Å²) in [6.45, 7) is 8.05. The van der Waals surface area contributed by atoms with Gasteiger partial charge in [-0.15, -0.1) is 0 Å². The standard InChI is InChI=1S/C23H24BrIN2O3S/c1-4-26-23-27(5-2)22(28)20(31-23)13-16-11-18(24)21(19(12-16)29-6-3)30-14-15-7-9-17(25)10-8-15/h7-13H,4-6,14H2,1-3H3/b20-13+,26-23?. The Morgan fingerprint density at radius 3 is 2.55 bits per heavy atom. The summed E-state index contributed by atoms with van der Waals surface area (Å²) in [4.78, 5) is 19.6. The highest BCUT2D eigenvalue weighted by atomic mass is 127. The number of benzene rings is 2. The van der Waals surface area contributed by atoms with E-state index in [0.29, 0.717) is 42.7 Å². The van der Waals surface area contributed by atoms with Gasteiger partial charge in [-0.3, -0.25) is 14.7 Å². The van der Waals surface area contributed by atoms with E-state index in [1.165, 1.54) is 15.3 Å². The highest BCUT2D eigenvalue weighted by molar-refractivity contribution is 14.1. The number of nitrogens with zero attached hydrogens (tertiary/aromatic N) is 2. The van der Waals surface area contributed by atoms with Crippen LogP contribution in [0.25, 0.3) is 6.08 Å². The third kappa shape index (κ3) is 6.04. The maximum Gasteiger partial charge on any atom is 0.266 e. The van der Waals surface area contributed by atoms with E-state index in [2.05, 4.69) is 55.6 Å². The molecule has 0 aromatic heterocycles. The summed E-state index contributed by atoms with van der Waals surface area (Å²) >= 11 is 7.31. The van der Waals surface area contributed by atoms with E-state index in [9.17, 15) is 4.79 Å². The summed E-state index contributed by atoms with van der Waals surface area (Å²) in [5, 5.41) is 0.753. The molecule has 8 heteroatoms. The van der Waals surface area contributed by atoms with Gasteiger partial charge in [-0.05, 0) is 113 Å². The number of likely N-dealkylation sites (N-methyl/N-ethyl adjacent to an activating group) is 1. The van der Waals surface area contributed by atoms with Crippen molar-refractivity contribution < 1.29 is 14.3 Å². The van der Waals surface area contributed by atoms with Crippen LogP contribution in [-0.4, -0.2) is 35.7 Å². The molecule has 2 aromatic carbocycles. The topological polar surface area (TPSA) is 51.1 Å². The van der Waals surface area contributed by atoms with Gasteiger partial charge < -0.3 is 9.47 Å². The molecule has 1 aliphatic heterocycles. The van der Waals surface area contributed by atoms with Gasteiger partial charge in [0.15, 0.2) is 16.7 Å². The first-order valence-corrected chi connectivity index (χ1v) is 12.7. The van der Waals surface area contributed by atoms with Crippen molar-refractivity contribution >= 4 is 67.4 Å². The molecule has 0 bridgehead atoms. The molecule has 0 aliphatic carbocycles. The second-order valence-corrected chi connectivity index (χ2v) is 9.70. The Kier molecular flexibility index (Phi) is 8.85. The van der Waals surface area contributed by atoms with Gasteiger partial charge in [-0.2, -0.15) is 0 Å². The van der Waals surface area contributed by atoms with E-state index in [1.54, 1.807) is 4.90 Å². The molecule has 1 saturated heterocycles. The molecule has 0 saturated carbocycles. The number of aliphatic imine (C=N–C) groups is 1. The van der Waals surface area contributed by atoms with Crippen LogP contribution < -0.4 is 9.47 Å². The SMILES string of the molecule is CCN=C1S/C(=C/c2cc(Br)c(OCc3ccc(I)cc3)c(OCC)c2)C(=O)N1CC. The molecule has 5 nitrogen and oxygen atoms in total. The molecule has 1 aliphatic rings. The number of carbonyl (C=O) groups excluding carboxylic acids is 1. The Morgan fingerprint density at radius 1 is 1.16 bits per heavy atom. The number of ether oxygens (including phenoxy) is 2. The molecule has 0 N–H and O–H groups in total. The van der Waals surface area contributed by atoms with Crippen molar-refractivity contribution in [1.82, 2.24) is 4.90 Å². The number of amides is 1. The van der Waals surface area contributed by atoms with Gasteiger partial charge in [-0.1, -0.05) is 12.1 Å². The van der Waals surface area contributed by atoms with E-state index < -0.39 is 0 Å². The van der Waals surface area contributed by atoms with Crippen molar-refractivity contribution in [2.75, 3.05) is 19.7 Å². The van der Waals surface area contributed by atoms with Gasteiger partial charge >= 0.3 is 0 Å². The minimum Gasteiger partial charge on any atom is -0.490 e.